The van der Waals surface area contributed by atoms with Crippen LogP contribution in [0.15, 0.2) is 28.9 Å². The van der Waals surface area contributed by atoms with Crippen molar-refractivity contribution >= 4 is 29.2 Å². The van der Waals surface area contributed by atoms with Gasteiger partial charge in [0.25, 0.3) is 0 Å². The molecule has 6 heteroatoms. The minimum Gasteiger partial charge on any atom is -0.465 e. The topological polar surface area (TPSA) is 52.3 Å². The molecule has 2 rings (SSSR count). The van der Waals surface area contributed by atoms with Crippen LogP contribution in [0.3, 0.4) is 0 Å². The molecule has 0 N–H and O–H groups in total. The van der Waals surface area contributed by atoms with E-state index in [4.69, 9.17) is 27.7 Å². The van der Waals surface area contributed by atoms with E-state index < -0.39 is 5.97 Å². The fraction of sp³-hybridized carbons (Fsp3) is 0.0909. The number of rotatable bonds is 2. The molecule has 88 valence electrons. The zero-order valence-corrected chi connectivity index (χ0v) is 10.2. The first kappa shape index (κ1) is 12.0. The predicted octanol–water partition coefficient (Wildman–Crippen LogP) is 3.44. The van der Waals surface area contributed by atoms with E-state index in [1.54, 1.807) is 18.2 Å². The molecule has 0 radical (unpaired) electrons. The van der Waals surface area contributed by atoms with E-state index in [0.717, 1.165) is 0 Å². The van der Waals surface area contributed by atoms with Gasteiger partial charge in [-0.2, -0.15) is 0 Å². The van der Waals surface area contributed by atoms with Crippen LogP contribution in [0.5, 0.6) is 0 Å². The lowest BCUT2D eigenvalue weighted by atomic mass is 10.1. The number of esters is 1. The molecule has 0 bridgehead atoms. The first-order chi connectivity index (χ1) is 8.13. The predicted molar refractivity (Wildman–Crippen MR) is 63.3 cm³/mol. The summed E-state index contributed by atoms with van der Waals surface area (Å²) in [5.74, 6) is -0.272. The van der Waals surface area contributed by atoms with E-state index in [1.807, 2.05) is 0 Å². The lowest BCUT2D eigenvalue weighted by Crippen LogP contribution is -2.01. The molecule has 0 aliphatic carbocycles. The zero-order valence-electron chi connectivity index (χ0n) is 8.74. The first-order valence-corrected chi connectivity index (χ1v) is 5.37. The fourth-order valence-corrected chi connectivity index (χ4v) is 1.86. The largest absolute Gasteiger partial charge is 0.465 e. The van der Waals surface area contributed by atoms with Gasteiger partial charge in [0, 0.05) is 10.6 Å². The summed E-state index contributed by atoms with van der Waals surface area (Å²) in [5, 5.41) is 4.44. The monoisotopic (exact) mass is 271 g/mol. The molecule has 2 aromatic rings. The van der Waals surface area contributed by atoms with Crippen LogP contribution in [0, 0.1) is 0 Å². The second-order valence-electron chi connectivity index (χ2n) is 3.18. The van der Waals surface area contributed by atoms with Crippen molar-refractivity contribution in [1.82, 2.24) is 5.16 Å². The summed E-state index contributed by atoms with van der Waals surface area (Å²) < 4.78 is 9.63. The maximum atomic E-state index is 11.5. The van der Waals surface area contributed by atoms with Crippen LogP contribution in [-0.4, -0.2) is 18.2 Å². The Morgan fingerprint density at radius 1 is 1.41 bits per heavy atom. The number of aromatic nitrogens is 1. The normalized spacial score (nSPS) is 10.3. The van der Waals surface area contributed by atoms with Crippen LogP contribution in [0.2, 0.25) is 10.0 Å². The standard InChI is InChI=1S/C11H7Cl2NO3/c1-16-11(15)8-5-14-17-10(8)7-3-2-6(12)4-9(7)13/h2-5H,1H3. The van der Waals surface area contributed by atoms with Crippen LogP contribution in [0.1, 0.15) is 10.4 Å². The lowest BCUT2D eigenvalue weighted by molar-refractivity contribution is 0.0601. The van der Waals surface area contributed by atoms with E-state index in [2.05, 4.69) is 9.89 Å². The van der Waals surface area contributed by atoms with Gasteiger partial charge in [0.1, 0.15) is 5.56 Å². The van der Waals surface area contributed by atoms with Gasteiger partial charge in [-0.3, -0.25) is 0 Å². The van der Waals surface area contributed by atoms with Crippen molar-refractivity contribution in [2.45, 2.75) is 0 Å². The Hall–Kier alpha value is -1.52. The molecule has 0 saturated heterocycles. The van der Waals surface area contributed by atoms with E-state index in [1.165, 1.54) is 13.3 Å². The minimum absolute atomic E-state index is 0.219. The molecule has 1 aromatic heterocycles. The number of benzene rings is 1. The van der Waals surface area contributed by atoms with Gasteiger partial charge < -0.3 is 9.26 Å². The summed E-state index contributed by atoms with van der Waals surface area (Å²) in [5.41, 5.74) is 0.755. The Morgan fingerprint density at radius 2 is 2.18 bits per heavy atom. The van der Waals surface area contributed by atoms with Crippen LogP contribution < -0.4 is 0 Å². The van der Waals surface area contributed by atoms with Crippen LogP contribution in [0.25, 0.3) is 11.3 Å². The average Bonchev–Trinajstić information content (AvgIpc) is 2.77. The number of nitrogens with zero attached hydrogens (tertiary/aromatic N) is 1. The highest BCUT2D eigenvalue weighted by Crippen LogP contribution is 2.32. The van der Waals surface area contributed by atoms with Crippen molar-refractivity contribution in [2.75, 3.05) is 7.11 Å². The highest BCUT2D eigenvalue weighted by atomic mass is 35.5. The Morgan fingerprint density at radius 3 is 2.82 bits per heavy atom. The van der Waals surface area contributed by atoms with Gasteiger partial charge in [-0.1, -0.05) is 28.4 Å². The minimum atomic E-state index is -0.535. The summed E-state index contributed by atoms with van der Waals surface area (Å²) >= 11 is 11.8. The fourth-order valence-electron chi connectivity index (χ4n) is 1.36. The maximum Gasteiger partial charge on any atom is 0.343 e. The van der Waals surface area contributed by atoms with E-state index in [9.17, 15) is 4.79 Å². The lowest BCUT2D eigenvalue weighted by Gasteiger charge is -2.02. The number of carbonyl (C=O) groups excluding carboxylic acids is 1. The quantitative estimate of drug-likeness (QED) is 0.786. The zero-order chi connectivity index (χ0) is 12.4. The van der Waals surface area contributed by atoms with E-state index in [-0.39, 0.29) is 11.3 Å². The molecule has 1 aromatic carbocycles. The summed E-state index contributed by atoms with van der Waals surface area (Å²) in [4.78, 5) is 11.5. The van der Waals surface area contributed by atoms with Gasteiger partial charge in [-0.25, -0.2) is 4.79 Å². The van der Waals surface area contributed by atoms with Crippen molar-refractivity contribution in [3.8, 4) is 11.3 Å². The van der Waals surface area contributed by atoms with E-state index in [0.29, 0.717) is 15.6 Å². The summed E-state index contributed by atoms with van der Waals surface area (Å²) in [7, 11) is 1.28. The average molecular weight is 272 g/mol. The van der Waals surface area contributed by atoms with E-state index >= 15 is 0 Å². The van der Waals surface area contributed by atoms with Crippen LogP contribution in [0.4, 0.5) is 0 Å². The molecule has 0 amide bonds. The van der Waals surface area contributed by atoms with Crippen LogP contribution >= 0.6 is 23.2 Å². The number of ether oxygens (including phenoxy) is 1. The number of methoxy groups -OCH3 is 1. The molecule has 0 aliphatic rings. The maximum absolute atomic E-state index is 11.5. The molecule has 0 fully saturated rings. The Bertz CT molecular complexity index is 566. The summed E-state index contributed by atoms with van der Waals surface area (Å²) in [6, 6.07) is 4.85. The van der Waals surface area contributed by atoms with Gasteiger partial charge in [0.05, 0.1) is 18.3 Å². The number of hydrogen-bond acceptors (Lipinski definition) is 4. The smallest absolute Gasteiger partial charge is 0.343 e. The molecule has 1 heterocycles. The van der Waals surface area contributed by atoms with Crippen molar-refractivity contribution in [2.24, 2.45) is 0 Å². The van der Waals surface area contributed by atoms with Crippen molar-refractivity contribution in [3.63, 3.8) is 0 Å². The molecule has 0 spiro atoms. The highest BCUT2D eigenvalue weighted by molar-refractivity contribution is 6.36. The third-order valence-corrected chi connectivity index (χ3v) is 2.70. The Kier molecular flexibility index (Phi) is 3.36. The molecule has 17 heavy (non-hydrogen) atoms. The third-order valence-electron chi connectivity index (χ3n) is 2.15. The van der Waals surface area contributed by atoms with Crippen LogP contribution in [-0.2, 0) is 4.74 Å². The van der Waals surface area contributed by atoms with Crippen molar-refractivity contribution in [1.29, 1.82) is 0 Å². The second kappa shape index (κ2) is 4.77. The number of carbonyl (C=O) groups is 1. The first-order valence-electron chi connectivity index (χ1n) is 4.62. The molecular weight excluding hydrogens is 265 g/mol. The number of hydrogen-bond donors (Lipinski definition) is 0. The van der Waals surface area contributed by atoms with Gasteiger partial charge in [-0.05, 0) is 18.2 Å². The molecule has 4 nitrogen and oxygen atoms in total. The van der Waals surface area contributed by atoms with Crippen molar-refractivity contribution in [3.05, 3.63) is 40.0 Å². The second-order valence-corrected chi connectivity index (χ2v) is 4.03. The van der Waals surface area contributed by atoms with Gasteiger partial charge in [0.2, 0.25) is 0 Å². The van der Waals surface area contributed by atoms with Gasteiger partial charge in [0.15, 0.2) is 5.76 Å². The molecular formula is C11H7Cl2NO3. The van der Waals surface area contributed by atoms with Crippen molar-refractivity contribution < 1.29 is 14.1 Å². The highest BCUT2D eigenvalue weighted by Gasteiger charge is 2.20. The van der Waals surface area contributed by atoms with Gasteiger partial charge in [-0.15, -0.1) is 0 Å². The molecule has 0 atom stereocenters. The third kappa shape index (κ3) is 2.28. The number of halogens is 2. The molecule has 0 saturated carbocycles. The SMILES string of the molecule is COC(=O)c1cnoc1-c1ccc(Cl)cc1Cl. The molecule has 0 aliphatic heterocycles. The Labute approximate surface area is 107 Å². The summed E-state index contributed by atoms with van der Waals surface area (Å²) in [6.07, 6.45) is 1.28. The van der Waals surface area contributed by atoms with Gasteiger partial charge >= 0.3 is 5.97 Å². The summed E-state index contributed by atoms with van der Waals surface area (Å²) in [6.45, 7) is 0. The Balaban J connectivity index is 2.53. The molecule has 0 unspecified atom stereocenters.